The normalized spacial score (nSPS) is 11.5. The summed E-state index contributed by atoms with van der Waals surface area (Å²) in [5.41, 5.74) is 4.41. The molecule has 1 aromatic heterocycles. The minimum atomic E-state index is 0.801. The Balaban J connectivity index is 1.86. The lowest BCUT2D eigenvalue weighted by molar-refractivity contribution is 1.10. The zero-order valence-electron chi connectivity index (χ0n) is 14.8. The zero-order chi connectivity index (χ0) is 17.7. The Morgan fingerprint density at radius 3 is 2.27 bits per heavy atom. The first-order valence-corrected chi connectivity index (χ1v) is 8.86. The minimum absolute atomic E-state index is 0.801. The van der Waals surface area contributed by atoms with Gasteiger partial charge in [0, 0.05) is 16.3 Å². The van der Waals surface area contributed by atoms with Crippen molar-refractivity contribution in [1.29, 1.82) is 0 Å². The van der Waals surface area contributed by atoms with Crippen molar-refractivity contribution in [2.45, 2.75) is 13.8 Å². The van der Waals surface area contributed by atoms with Gasteiger partial charge in [-0.25, -0.2) is 9.97 Å². The van der Waals surface area contributed by atoms with E-state index in [9.17, 15) is 0 Å². The molecule has 4 aromatic carbocycles. The average Bonchev–Trinajstić information content (AvgIpc) is 2.67. The highest BCUT2D eigenvalue weighted by Gasteiger charge is 2.11. The fourth-order valence-corrected chi connectivity index (χ4v) is 3.69. The van der Waals surface area contributed by atoms with E-state index in [1.807, 2.05) is 6.92 Å². The Bertz CT molecular complexity index is 1300. The molecule has 2 heteroatoms. The van der Waals surface area contributed by atoms with Crippen LogP contribution in [0.2, 0.25) is 0 Å². The van der Waals surface area contributed by atoms with Crippen molar-refractivity contribution < 1.29 is 0 Å². The van der Waals surface area contributed by atoms with Gasteiger partial charge in [0.2, 0.25) is 0 Å². The van der Waals surface area contributed by atoms with Gasteiger partial charge >= 0.3 is 0 Å². The van der Waals surface area contributed by atoms with Crippen LogP contribution in [0.1, 0.15) is 11.4 Å². The van der Waals surface area contributed by atoms with Crippen LogP contribution in [-0.4, -0.2) is 9.97 Å². The van der Waals surface area contributed by atoms with Crippen molar-refractivity contribution >= 4 is 32.4 Å². The Kier molecular flexibility index (Phi) is 3.26. The van der Waals surface area contributed by atoms with Crippen LogP contribution in [0.15, 0.2) is 72.8 Å². The molecule has 1 heterocycles. The third-order valence-corrected chi connectivity index (χ3v) is 4.97. The first kappa shape index (κ1) is 15.0. The molecule has 0 unspecified atom stereocenters. The van der Waals surface area contributed by atoms with Crippen molar-refractivity contribution in [2.75, 3.05) is 0 Å². The SMILES string of the molecule is Cc1ccc2ccc3c(-c4ccc5ccccc5c4)nc(C)nc3c2c1. The summed E-state index contributed by atoms with van der Waals surface area (Å²) in [6, 6.07) is 25.8. The maximum atomic E-state index is 4.80. The second-order valence-electron chi connectivity index (χ2n) is 6.87. The summed E-state index contributed by atoms with van der Waals surface area (Å²) in [6.45, 7) is 4.09. The Morgan fingerprint density at radius 1 is 0.615 bits per heavy atom. The molecule has 0 saturated heterocycles. The molecule has 0 aliphatic carbocycles. The number of hydrogen-bond acceptors (Lipinski definition) is 2. The van der Waals surface area contributed by atoms with Gasteiger partial charge in [-0.15, -0.1) is 0 Å². The molecule has 0 amide bonds. The largest absolute Gasteiger partial charge is 0.233 e. The molecule has 124 valence electrons. The van der Waals surface area contributed by atoms with Gasteiger partial charge in [0.1, 0.15) is 5.82 Å². The monoisotopic (exact) mass is 334 g/mol. The van der Waals surface area contributed by atoms with Crippen molar-refractivity contribution in [1.82, 2.24) is 9.97 Å². The number of hydrogen-bond donors (Lipinski definition) is 0. The molecule has 0 atom stereocenters. The predicted octanol–water partition coefficient (Wildman–Crippen LogP) is 6.22. The van der Waals surface area contributed by atoms with Gasteiger partial charge in [0.15, 0.2) is 0 Å². The minimum Gasteiger partial charge on any atom is -0.233 e. The highest BCUT2D eigenvalue weighted by atomic mass is 14.9. The molecule has 0 spiro atoms. The van der Waals surface area contributed by atoms with E-state index in [2.05, 4.69) is 79.7 Å². The molecule has 0 radical (unpaired) electrons. The first-order valence-electron chi connectivity index (χ1n) is 8.86. The molecule has 0 aliphatic rings. The zero-order valence-corrected chi connectivity index (χ0v) is 14.8. The van der Waals surface area contributed by atoms with E-state index in [4.69, 9.17) is 9.97 Å². The molecule has 0 fully saturated rings. The van der Waals surface area contributed by atoms with Crippen LogP contribution >= 0.6 is 0 Å². The summed E-state index contributed by atoms with van der Waals surface area (Å²) in [6.07, 6.45) is 0. The lowest BCUT2D eigenvalue weighted by atomic mass is 9.99. The van der Waals surface area contributed by atoms with E-state index in [1.165, 1.54) is 27.1 Å². The smallest absolute Gasteiger partial charge is 0.126 e. The van der Waals surface area contributed by atoms with E-state index in [-0.39, 0.29) is 0 Å². The number of benzene rings is 4. The second-order valence-corrected chi connectivity index (χ2v) is 6.87. The van der Waals surface area contributed by atoms with Crippen LogP contribution < -0.4 is 0 Å². The summed E-state index contributed by atoms with van der Waals surface area (Å²) >= 11 is 0. The fourth-order valence-electron chi connectivity index (χ4n) is 3.69. The van der Waals surface area contributed by atoms with Crippen LogP contribution in [0.4, 0.5) is 0 Å². The summed E-state index contributed by atoms with van der Waals surface area (Å²) < 4.78 is 0. The van der Waals surface area contributed by atoms with E-state index in [1.54, 1.807) is 0 Å². The number of rotatable bonds is 1. The number of aromatic nitrogens is 2. The molecule has 0 aliphatic heterocycles. The highest BCUT2D eigenvalue weighted by molar-refractivity contribution is 6.09. The molecule has 5 rings (SSSR count). The topological polar surface area (TPSA) is 25.8 Å². The van der Waals surface area contributed by atoms with Gasteiger partial charge in [-0.2, -0.15) is 0 Å². The summed E-state index contributed by atoms with van der Waals surface area (Å²) in [4.78, 5) is 9.58. The van der Waals surface area contributed by atoms with Gasteiger partial charge in [-0.05, 0) is 48.2 Å². The summed E-state index contributed by atoms with van der Waals surface area (Å²) in [5.74, 6) is 0.801. The molecule has 0 N–H and O–H groups in total. The summed E-state index contributed by atoms with van der Waals surface area (Å²) in [5, 5.41) is 5.98. The highest BCUT2D eigenvalue weighted by Crippen LogP contribution is 2.32. The molecule has 26 heavy (non-hydrogen) atoms. The Morgan fingerprint density at radius 2 is 1.38 bits per heavy atom. The molecule has 2 nitrogen and oxygen atoms in total. The van der Waals surface area contributed by atoms with Crippen molar-refractivity contribution in [3.8, 4) is 11.3 Å². The van der Waals surface area contributed by atoms with Crippen LogP contribution in [0, 0.1) is 13.8 Å². The first-order chi connectivity index (χ1) is 12.7. The maximum absolute atomic E-state index is 4.80. The molecular weight excluding hydrogens is 316 g/mol. The lowest BCUT2D eigenvalue weighted by Crippen LogP contribution is -1.95. The average molecular weight is 334 g/mol. The molecule has 5 aromatic rings. The number of nitrogens with zero attached hydrogens (tertiary/aromatic N) is 2. The second kappa shape index (κ2) is 5.63. The van der Waals surface area contributed by atoms with E-state index >= 15 is 0 Å². The van der Waals surface area contributed by atoms with Crippen molar-refractivity contribution in [2.24, 2.45) is 0 Å². The van der Waals surface area contributed by atoms with Crippen LogP contribution in [0.3, 0.4) is 0 Å². The maximum Gasteiger partial charge on any atom is 0.126 e. The third kappa shape index (κ3) is 2.34. The number of fused-ring (bicyclic) bond motifs is 4. The van der Waals surface area contributed by atoms with Crippen molar-refractivity contribution in [3.63, 3.8) is 0 Å². The number of aryl methyl sites for hydroxylation is 2. The fraction of sp³-hybridized carbons (Fsp3) is 0.0833. The van der Waals surface area contributed by atoms with E-state index in [0.29, 0.717) is 0 Å². The van der Waals surface area contributed by atoms with Gasteiger partial charge in [0.25, 0.3) is 0 Å². The van der Waals surface area contributed by atoms with Gasteiger partial charge < -0.3 is 0 Å². The molecule has 0 saturated carbocycles. The van der Waals surface area contributed by atoms with E-state index in [0.717, 1.165) is 28.0 Å². The third-order valence-electron chi connectivity index (χ3n) is 4.97. The lowest BCUT2D eigenvalue weighted by Gasteiger charge is -2.11. The van der Waals surface area contributed by atoms with Gasteiger partial charge in [-0.1, -0.05) is 60.2 Å². The molecular formula is C24H18N2. The predicted molar refractivity (Wildman–Crippen MR) is 109 cm³/mol. The quantitative estimate of drug-likeness (QED) is 0.340. The summed E-state index contributed by atoms with van der Waals surface area (Å²) in [7, 11) is 0. The Hall–Kier alpha value is -3.26. The van der Waals surface area contributed by atoms with Crippen LogP contribution in [0.5, 0.6) is 0 Å². The Labute approximate surface area is 152 Å². The van der Waals surface area contributed by atoms with Crippen LogP contribution in [-0.2, 0) is 0 Å². The standard InChI is InChI=1S/C24H18N2/c1-15-7-8-18-11-12-21-23(25-16(2)26-24(21)22(18)13-15)20-10-9-17-5-3-4-6-19(17)14-20/h3-14H,1-2H3. The van der Waals surface area contributed by atoms with E-state index < -0.39 is 0 Å². The molecule has 0 bridgehead atoms. The van der Waals surface area contributed by atoms with Crippen LogP contribution in [0.25, 0.3) is 43.7 Å². The van der Waals surface area contributed by atoms with Gasteiger partial charge in [-0.3, -0.25) is 0 Å². The van der Waals surface area contributed by atoms with Gasteiger partial charge in [0.05, 0.1) is 11.2 Å². The van der Waals surface area contributed by atoms with Crippen molar-refractivity contribution in [3.05, 3.63) is 84.2 Å².